The Bertz CT molecular complexity index is 3280. The van der Waals surface area contributed by atoms with Crippen molar-refractivity contribution in [2.75, 3.05) is 37.9 Å². The van der Waals surface area contributed by atoms with E-state index in [1.165, 1.54) is 21.7 Å². The van der Waals surface area contributed by atoms with Crippen molar-refractivity contribution in [2.24, 2.45) is 23.7 Å². The van der Waals surface area contributed by atoms with Gasteiger partial charge in [-0.2, -0.15) is 30.9 Å². The van der Waals surface area contributed by atoms with E-state index in [1.54, 1.807) is 84.9 Å². The van der Waals surface area contributed by atoms with Gasteiger partial charge in [0.2, 0.25) is 11.2 Å². The summed E-state index contributed by atoms with van der Waals surface area (Å²) in [4.78, 5) is 34.3. The molecule has 6 heterocycles. The zero-order valence-electron chi connectivity index (χ0n) is 51.6. The number of aliphatic hydroxyl groups is 4. The highest BCUT2D eigenvalue weighted by Gasteiger charge is 2.59. The number of rotatable bonds is 30. The Kier molecular flexibility index (Phi) is 24.4. The van der Waals surface area contributed by atoms with E-state index < -0.39 is 101 Å². The Labute approximate surface area is 522 Å². The van der Waals surface area contributed by atoms with E-state index in [1.807, 2.05) is 67.5 Å². The molecule has 2 saturated heterocycles. The van der Waals surface area contributed by atoms with Crippen molar-refractivity contribution >= 4 is 50.1 Å². The Morgan fingerprint density at radius 2 is 0.967 bits per heavy atom. The first kappa shape index (κ1) is 70.3. The van der Waals surface area contributed by atoms with Crippen LogP contribution < -0.4 is 30.7 Å². The van der Waals surface area contributed by atoms with E-state index in [9.17, 15) is 49.7 Å². The lowest BCUT2D eigenvalue weighted by Gasteiger charge is -2.29. The largest absolute Gasteiger partial charge is 0.464 e. The molecule has 12 atom stereocenters. The molecule has 8 rings (SSSR count). The molecule has 10 N–H and O–H groups in total. The molecule has 30 heteroatoms. The van der Waals surface area contributed by atoms with Crippen LogP contribution in [0.1, 0.15) is 118 Å². The molecule has 2 aliphatic heterocycles. The summed E-state index contributed by atoms with van der Waals surface area (Å²) in [6, 6.07) is 24.3. The van der Waals surface area contributed by atoms with Crippen molar-refractivity contribution in [1.82, 2.24) is 39.4 Å². The Morgan fingerprint density at radius 3 is 1.29 bits per heavy atom. The zero-order valence-corrected chi connectivity index (χ0v) is 53.3. The molecule has 0 saturated carbocycles. The molecule has 0 radical (unpaired) electrons. The summed E-state index contributed by atoms with van der Waals surface area (Å²) in [5.74, 6) is -0.236. The van der Waals surface area contributed by atoms with Gasteiger partial charge in [-0.05, 0) is 85.0 Å². The summed E-state index contributed by atoms with van der Waals surface area (Å²) in [7, 11) is -8.93. The van der Waals surface area contributed by atoms with Gasteiger partial charge in [-0.25, -0.2) is 28.1 Å². The summed E-state index contributed by atoms with van der Waals surface area (Å²) < 4.78 is 77.7. The smallest absolute Gasteiger partial charge is 0.459 e. The lowest BCUT2D eigenvalue weighted by atomic mass is 9.96. The van der Waals surface area contributed by atoms with Gasteiger partial charge in [0, 0.05) is 0 Å². The minimum Gasteiger partial charge on any atom is -0.464 e. The van der Waals surface area contributed by atoms with E-state index in [0.29, 0.717) is 22.4 Å². The topological polar surface area (TPSA) is 407 Å². The summed E-state index contributed by atoms with van der Waals surface area (Å²) in [6.07, 6.45) is -3.03. The molecule has 2 fully saturated rings. The molecular weight excluding hydrogens is 1210 g/mol. The Morgan fingerprint density at radius 1 is 0.611 bits per heavy atom. The number of carbonyl (C=O) groups excluding carboxylic acids is 2. The van der Waals surface area contributed by atoms with E-state index in [-0.39, 0.29) is 72.9 Å². The molecule has 2 aliphatic rings. The lowest BCUT2D eigenvalue weighted by molar-refractivity contribution is -0.148. The molecule has 0 amide bonds. The van der Waals surface area contributed by atoms with Crippen molar-refractivity contribution in [3.63, 3.8) is 0 Å². The third kappa shape index (κ3) is 16.9. The van der Waals surface area contributed by atoms with Crippen LogP contribution >= 0.6 is 15.5 Å². The van der Waals surface area contributed by atoms with Crippen molar-refractivity contribution in [3.05, 3.63) is 109 Å². The number of nitrogens with one attached hydrogen (secondary N) is 2. The lowest BCUT2D eigenvalue weighted by Crippen LogP contribution is -2.46. The number of nitrogens with two attached hydrogens (primary N) is 2. The minimum absolute atomic E-state index is 0.00979. The van der Waals surface area contributed by atoms with Crippen LogP contribution in [0.4, 0.5) is 11.6 Å². The first-order valence-corrected chi connectivity index (χ1v) is 32.9. The molecule has 0 unspecified atom stereocenters. The molecule has 0 bridgehead atoms. The number of benzene rings is 2. The summed E-state index contributed by atoms with van der Waals surface area (Å²) >= 11 is 0. The summed E-state index contributed by atoms with van der Waals surface area (Å²) in [6.45, 7) is 14.4. The maximum atomic E-state index is 14.3. The molecule has 6 aromatic rings. The normalized spacial score (nSPS) is 23.6. The number of nitriles is 2. The number of aliphatic hydroxyl groups excluding tert-OH is 4. The van der Waals surface area contributed by atoms with Crippen LogP contribution in [0.3, 0.4) is 0 Å². The second-order valence-corrected chi connectivity index (χ2v) is 26.3. The predicted octanol–water partition coefficient (Wildman–Crippen LogP) is 7.11. The van der Waals surface area contributed by atoms with Gasteiger partial charge in [0.05, 0.1) is 24.6 Å². The van der Waals surface area contributed by atoms with Gasteiger partial charge in [0.15, 0.2) is 11.6 Å². The number of carbonyl (C=O) groups is 2. The third-order valence-corrected chi connectivity index (χ3v) is 18.7. The molecule has 0 spiro atoms. The molecule has 28 nitrogen and oxygen atoms in total. The predicted molar refractivity (Wildman–Crippen MR) is 327 cm³/mol. The maximum Gasteiger partial charge on any atom is 0.459 e. The van der Waals surface area contributed by atoms with Crippen LogP contribution in [0.2, 0.25) is 0 Å². The zero-order chi connectivity index (χ0) is 65.6. The highest BCUT2D eigenvalue weighted by atomic mass is 31.2. The number of para-hydroxylation sites is 2. The fraction of sp³-hybridized carbons (Fsp3) is 0.533. The molecule has 90 heavy (non-hydrogen) atoms. The van der Waals surface area contributed by atoms with Crippen molar-refractivity contribution in [1.29, 1.82) is 10.5 Å². The second-order valence-electron chi connectivity index (χ2n) is 22.9. The first-order chi connectivity index (χ1) is 42.9. The standard InChI is InChI=1S/2C30H41N6O8P/c2*1-5-20(6-2)15-41-29(39)22(14-19(3)4)35-45(40,44-21-10-8-7-9-11-21)42-17-30(16-31)27(38)25(37)26(43-30)23-12-13-24-28(32)33-18-34-36(23)24/h2*7-13,18-20,22,25-27,37-38H,5-6,14-15,17H2,1-4H3,(H,35,40)(H2,32,33,34)/t22-,25-,26-,27-,30+,45+;22-,25-,26-,27-,30+,45-/m00/s1. The fourth-order valence-electron chi connectivity index (χ4n) is 10.1. The van der Waals surface area contributed by atoms with Crippen LogP contribution in [-0.4, -0.2) is 136 Å². The van der Waals surface area contributed by atoms with Gasteiger partial charge < -0.3 is 59.9 Å². The van der Waals surface area contributed by atoms with Gasteiger partial charge in [-0.3, -0.25) is 18.6 Å². The number of ether oxygens (including phenoxy) is 4. The van der Waals surface area contributed by atoms with Gasteiger partial charge in [0.1, 0.15) is 109 Å². The van der Waals surface area contributed by atoms with Crippen LogP contribution in [-0.2, 0) is 46.7 Å². The van der Waals surface area contributed by atoms with Crippen LogP contribution in [0, 0.1) is 46.3 Å². The van der Waals surface area contributed by atoms with E-state index >= 15 is 0 Å². The van der Waals surface area contributed by atoms with E-state index in [0.717, 1.165) is 25.7 Å². The highest BCUT2D eigenvalue weighted by molar-refractivity contribution is 7.52. The SMILES string of the molecule is CCC(CC)COC(=O)[C@H](CC(C)C)N[P@@](=O)(OC[C@@]1(C#N)O[C@@H](c2ccc3c(N)ncnn23)[C@H](O)[C@@H]1O)Oc1ccccc1.CCC(CC)COC(=O)[C@H](CC(C)C)N[P@](=O)(OC[C@@]1(C#N)O[C@@H](c2ccc3c(N)ncnn23)[C@H](O)[C@@H]1O)Oc1ccccc1. The Hall–Kier alpha value is -7.14. The van der Waals surface area contributed by atoms with Crippen molar-refractivity contribution < 1.29 is 76.2 Å². The second kappa shape index (κ2) is 31.3. The number of hydrogen-bond donors (Lipinski definition) is 8. The van der Waals surface area contributed by atoms with E-state index in [2.05, 4.69) is 30.3 Å². The van der Waals surface area contributed by atoms with Crippen molar-refractivity contribution in [2.45, 2.75) is 154 Å². The van der Waals surface area contributed by atoms with Gasteiger partial charge >= 0.3 is 27.4 Å². The quantitative estimate of drug-likeness (QED) is 0.0164. The maximum absolute atomic E-state index is 14.3. The molecule has 488 valence electrons. The average molecular weight is 1290 g/mol. The molecular formula is C60H82N12O16P2. The molecule has 4 aromatic heterocycles. The third-order valence-electron chi connectivity index (χ3n) is 15.6. The number of esters is 2. The highest BCUT2D eigenvalue weighted by Crippen LogP contribution is 2.51. The molecule has 0 aliphatic carbocycles. The van der Waals surface area contributed by atoms with Crippen LogP contribution in [0.15, 0.2) is 97.6 Å². The number of nitrogens with zero attached hydrogens (tertiary/aromatic N) is 8. The first-order valence-electron chi connectivity index (χ1n) is 29.8. The van der Waals surface area contributed by atoms with Crippen molar-refractivity contribution in [3.8, 4) is 23.6 Å². The number of hydrogen-bond acceptors (Lipinski definition) is 24. The Balaban J connectivity index is 0.000000256. The van der Waals surface area contributed by atoms with E-state index in [4.69, 9.17) is 48.5 Å². The van der Waals surface area contributed by atoms with Gasteiger partial charge in [0.25, 0.3) is 0 Å². The molecule has 2 aromatic carbocycles. The van der Waals surface area contributed by atoms with Crippen LogP contribution in [0.25, 0.3) is 11.0 Å². The number of fused-ring (bicyclic) bond motifs is 2. The van der Waals surface area contributed by atoms with Gasteiger partial charge in [-0.1, -0.05) is 117 Å². The monoisotopic (exact) mass is 1290 g/mol. The minimum atomic E-state index is -4.47. The number of anilines is 2. The summed E-state index contributed by atoms with van der Waals surface area (Å²) in [5.41, 5.74) is 8.93. The number of nitrogen functional groups attached to an aromatic ring is 2. The van der Waals surface area contributed by atoms with Crippen LogP contribution in [0.5, 0.6) is 11.5 Å². The summed E-state index contributed by atoms with van der Waals surface area (Å²) in [5, 5.41) is 78.3. The number of aromatic nitrogens is 6. The fourth-order valence-corrected chi connectivity index (χ4v) is 13.2. The van der Waals surface area contributed by atoms with Gasteiger partial charge in [-0.15, -0.1) is 0 Å². The average Bonchev–Trinajstić information content (AvgIpc) is 1.61.